The van der Waals surface area contributed by atoms with Gasteiger partial charge in [-0.3, -0.25) is 9.59 Å². The second-order valence-electron chi connectivity index (χ2n) is 8.09. The maximum atomic E-state index is 13.3. The highest BCUT2D eigenvalue weighted by atomic mass is 32.2. The van der Waals surface area contributed by atoms with Gasteiger partial charge in [0, 0.05) is 32.2 Å². The molecule has 1 saturated heterocycles. The van der Waals surface area contributed by atoms with Gasteiger partial charge in [0.25, 0.3) is 0 Å². The molecule has 1 aliphatic heterocycles. The Morgan fingerprint density at radius 1 is 1.15 bits per heavy atom. The molecule has 33 heavy (non-hydrogen) atoms. The Labute approximate surface area is 197 Å². The quantitative estimate of drug-likeness (QED) is 0.337. The normalized spacial score (nSPS) is 15.2. The molecule has 3 aromatic carbocycles. The molecule has 7 heteroatoms. The number of amidine groups is 1. The second-order valence-corrected chi connectivity index (χ2v) is 9.16. The first-order chi connectivity index (χ1) is 16.0. The van der Waals surface area contributed by atoms with Crippen LogP contribution in [0.4, 0.5) is 5.69 Å². The zero-order valence-electron chi connectivity index (χ0n) is 18.7. The van der Waals surface area contributed by atoms with Crippen molar-refractivity contribution in [2.75, 3.05) is 26.7 Å². The number of nitrogens with zero attached hydrogens (tertiary/aromatic N) is 3. The number of fused-ring (bicyclic) bond motifs is 1. The number of aliphatic hydroxyl groups is 1. The highest BCUT2D eigenvalue weighted by Gasteiger charge is 2.35. The molecular weight excluding hydrogens is 434 g/mol. The molecule has 1 atom stereocenters. The van der Waals surface area contributed by atoms with E-state index in [9.17, 15) is 14.7 Å². The molecule has 170 valence electrons. The maximum Gasteiger partial charge on any atom is 0.240 e. The zero-order chi connectivity index (χ0) is 23.4. The van der Waals surface area contributed by atoms with Crippen LogP contribution in [0.1, 0.15) is 28.1 Å². The molecule has 0 bridgehead atoms. The lowest BCUT2D eigenvalue weighted by molar-refractivity contribution is -0.140. The van der Waals surface area contributed by atoms with Gasteiger partial charge in [0.1, 0.15) is 5.25 Å². The lowest BCUT2D eigenvalue weighted by atomic mass is 10.1. The van der Waals surface area contributed by atoms with E-state index in [1.165, 1.54) is 11.8 Å². The first-order valence-electron chi connectivity index (χ1n) is 11.0. The topological polar surface area (TPSA) is 73.2 Å². The van der Waals surface area contributed by atoms with E-state index in [2.05, 4.69) is 0 Å². The summed E-state index contributed by atoms with van der Waals surface area (Å²) in [6.45, 7) is 3.40. The number of aldehydes is 1. The van der Waals surface area contributed by atoms with Crippen molar-refractivity contribution >= 4 is 45.6 Å². The Balaban J connectivity index is 1.74. The molecule has 0 aliphatic carbocycles. The molecule has 1 aliphatic rings. The minimum atomic E-state index is -0.508. The first kappa shape index (κ1) is 23.0. The van der Waals surface area contributed by atoms with E-state index in [0.29, 0.717) is 36.1 Å². The Morgan fingerprint density at radius 2 is 1.79 bits per heavy atom. The van der Waals surface area contributed by atoms with E-state index in [4.69, 9.17) is 4.99 Å². The molecule has 4 rings (SSSR count). The van der Waals surface area contributed by atoms with Gasteiger partial charge in [-0.05, 0) is 35.4 Å². The van der Waals surface area contributed by atoms with Crippen molar-refractivity contribution in [2.24, 2.45) is 4.99 Å². The van der Waals surface area contributed by atoms with Crippen molar-refractivity contribution < 1.29 is 14.7 Å². The molecule has 0 radical (unpaired) electrons. The van der Waals surface area contributed by atoms with Crippen molar-refractivity contribution in [2.45, 2.75) is 18.3 Å². The number of carbonyl (C=O) groups excluding carboxylic acids is 2. The number of rotatable bonds is 6. The molecule has 3 aromatic rings. The lowest BCUT2D eigenvalue weighted by Crippen LogP contribution is -2.54. The number of benzene rings is 3. The van der Waals surface area contributed by atoms with Crippen molar-refractivity contribution in [3.63, 3.8) is 0 Å². The average Bonchev–Trinajstić information content (AvgIpc) is 2.83. The van der Waals surface area contributed by atoms with Crippen LogP contribution in [0.2, 0.25) is 0 Å². The van der Waals surface area contributed by atoms with E-state index in [1.54, 1.807) is 4.90 Å². The number of hydrogen-bond acceptors (Lipinski definition) is 5. The van der Waals surface area contributed by atoms with E-state index < -0.39 is 11.4 Å². The van der Waals surface area contributed by atoms with Gasteiger partial charge in [0.15, 0.2) is 11.5 Å². The summed E-state index contributed by atoms with van der Waals surface area (Å²) in [4.78, 5) is 33.7. The maximum absolute atomic E-state index is 13.3. The number of hydrogen-bond donors (Lipinski definition) is 1. The van der Waals surface area contributed by atoms with Gasteiger partial charge in [-0.25, -0.2) is 4.99 Å². The van der Waals surface area contributed by atoms with Crippen molar-refractivity contribution in [1.82, 2.24) is 9.80 Å². The number of carbonyl (C=O) groups is 2. The molecule has 1 N–H and O–H groups in total. The summed E-state index contributed by atoms with van der Waals surface area (Å²) in [5.41, 5.74) is 1.95. The predicted molar refractivity (Wildman–Crippen MR) is 134 cm³/mol. The third kappa shape index (κ3) is 5.10. The van der Waals surface area contributed by atoms with Crippen molar-refractivity contribution in [1.29, 1.82) is 0 Å². The number of amides is 1. The summed E-state index contributed by atoms with van der Waals surface area (Å²) in [7, 11) is 1.92. The van der Waals surface area contributed by atoms with Crippen LogP contribution in [0.15, 0.2) is 71.7 Å². The number of aliphatic imine (C=N–C) groups is 1. The molecular formula is C26H27N3O3S. The highest BCUT2D eigenvalue weighted by molar-refractivity contribution is 8.14. The average molecular weight is 462 g/mol. The fraction of sp³-hybridized carbons (Fsp3) is 0.269. The van der Waals surface area contributed by atoms with Crippen LogP contribution in [0, 0.1) is 0 Å². The lowest BCUT2D eigenvalue weighted by Gasteiger charge is -2.38. The SMILES string of the molecule is CCN(C)C(=Nc1cc2ccccc2cc1C=O)SC(C(=O)N1CC(O)C1)c1ccccc1. The van der Waals surface area contributed by atoms with Gasteiger partial charge in [-0.15, -0.1) is 0 Å². The van der Waals surface area contributed by atoms with E-state index in [0.717, 1.165) is 22.6 Å². The third-order valence-electron chi connectivity index (χ3n) is 5.76. The van der Waals surface area contributed by atoms with Gasteiger partial charge in [-0.2, -0.15) is 0 Å². The molecule has 1 heterocycles. The molecule has 1 amide bonds. The van der Waals surface area contributed by atoms with Crippen LogP contribution in [-0.2, 0) is 4.79 Å². The minimum absolute atomic E-state index is 0.0529. The molecule has 0 spiro atoms. The smallest absolute Gasteiger partial charge is 0.240 e. The number of likely N-dealkylation sites (tertiary alicyclic amines) is 1. The summed E-state index contributed by atoms with van der Waals surface area (Å²) >= 11 is 1.37. The third-order valence-corrected chi connectivity index (χ3v) is 7.09. The number of aliphatic hydroxyl groups excluding tert-OH is 1. The fourth-order valence-electron chi connectivity index (χ4n) is 3.67. The molecule has 0 saturated carbocycles. The first-order valence-corrected chi connectivity index (χ1v) is 11.8. The molecule has 1 unspecified atom stereocenters. The van der Waals surface area contributed by atoms with Crippen molar-refractivity contribution in [3.05, 3.63) is 77.9 Å². The standard InChI is InChI=1S/C26H27N3O3S/c1-3-28(2)26(27-23-14-20-12-8-7-11-19(20)13-21(23)17-30)33-24(18-9-5-4-6-10-18)25(32)29-15-22(31)16-29/h4-14,17,22,24,31H,3,15-16H2,1-2H3. The van der Waals surface area contributed by atoms with Crippen LogP contribution < -0.4 is 0 Å². The van der Waals surface area contributed by atoms with Gasteiger partial charge in [0.2, 0.25) is 5.91 Å². The van der Waals surface area contributed by atoms with Gasteiger partial charge in [0.05, 0.1) is 11.8 Å². The summed E-state index contributed by atoms with van der Waals surface area (Å²) in [6, 6.07) is 21.2. The summed E-state index contributed by atoms with van der Waals surface area (Å²) in [6.07, 6.45) is 0.357. The zero-order valence-corrected chi connectivity index (χ0v) is 19.5. The largest absolute Gasteiger partial charge is 0.389 e. The summed E-state index contributed by atoms with van der Waals surface area (Å²) in [5.74, 6) is -0.0529. The molecule has 1 fully saturated rings. The number of β-amino-alcohol motifs (C(OH)–C–C–N with tert-alkyl or cyclic N) is 1. The Bertz CT molecular complexity index is 1180. The van der Waals surface area contributed by atoms with Crippen molar-refractivity contribution in [3.8, 4) is 0 Å². The fourth-order valence-corrected chi connectivity index (χ4v) is 4.89. The Hall–Kier alpha value is -3.16. The predicted octanol–water partition coefficient (Wildman–Crippen LogP) is 4.27. The van der Waals surface area contributed by atoms with Crippen LogP contribution in [0.25, 0.3) is 10.8 Å². The number of thioether (sulfide) groups is 1. The van der Waals surface area contributed by atoms with Gasteiger partial charge >= 0.3 is 0 Å². The van der Waals surface area contributed by atoms with E-state index >= 15 is 0 Å². The monoisotopic (exact) mass is 461 g/mol. The van der Waals surface area contributed by atoms with Crippen LogP contribution in [0.5, 0.6) is 0 Å². The summed E-state index contributed by atoms with van der Waals surface area (Å²) < 4.78 is 0. The highest BCUT2D eigenvalue weighted by Crippen LogP contribution is 2.36. The molecule has 0 aromatic heterocycles. The minimum Gasteiger partial charge on any atom is -0.389 e. The van der Waals surface area contributed by atoms with E-state index in [-0.39, 0.29) is 5.91 Å². The van der Waals surface area contributed by atoms with Gasteiger partial charge in [-0.1, -0.05) is 66.4 Å². The Kier molecular flexibility index (Phi) is 7.11. The van der Waals surface area contributed by atoms with Crippen LogP contribution >= 0.6 is 11.8 Å². The van der Waals surface area contributed by atoms with Crippen LogP contribution in [0.3, 0.4) is 0 Å². The Morgan fingerprint density at radius 3 is 2.39 bits per heavy atom. The second kappa shape index (κ2) is 10.2. The van der Waals surface area contributed by atoms with Crippen LogP contribution in [-0.4, -0.2) is 65.1 Å². The molecule has 6 nitrogen and oxygen atoms in total. The summed E-state index contributed by atoms with van der Waals surface area (Å²) in [5, 5.41) is 11.8. The van der Waals surface area contributed by atoms with Gasteiger partial charge < -0.3 is 14.9 Å². The van der Waals surface area contributed by atoms with E-state index in [1.807, 2.05) is 85.6 Å².